The Morgan fingerprint density at radius 2 is 1.66 bits per heavy atom. The lowest BCUT2D eigenvalue weighted by Crippen LogP contribution is -2.29. The van der Waals surface area contributed by atoms with E-state index in [1.54, 1.807) is 41.2 Å². The molecule has 174 valence electrons. The minimum atomic E-state index is -3.02. The highest BCUT2D eigenvalue weighted by Gasteiger charge is 2.39. The molecule has 14 heteroatoms. The molecule has 2 amide bonds. The summed E-state index contributed by atoms with van der Waals surface area (Å²) in [5.74, 6) is -0.932. The Morgan fingerprint density at radius 3 is 2.25 bits per heavy atom. The molecule has 0 aliphatic carbocycles. The van der Waals surface area contributed by atoms with Gasteiger partial charge in [0.1, 0.15) is 11.4 Å². The molecule has 2 aromatic heterocycles. The predicted octanol–water partition coefficient (Wildman–Crippen LogP) is 1.26. The van der Waals surface area contributed by atoms with E-state index in [9.17, 15) is 24.3 Å². The first-order valence-corrected chi connectivity index (χ1v) is 11.3. The number of aryl methyl sites for hydroxylation is 2. The third kappa shape index (κ3) is 4.75. The Morgan fingerprint density at radius 1 is 1.06 bits per heavy atom. The topological polar surface area (TPSA) is 144 Å². The van der Waals surface area contributed by atoms with Gasteiger partial charge in [0.25, 0.3) is 17.5 Å². The zero-order valence-corrected chi connectivity index (χ0v) is 19.2. The molecule has 0 radical (unpaired) electrons. The van der Waals surface area contributed by atoms with Crippen LogP contribution in [-0.2, 0) is 23.2 Å². The summed E-state index contributed by atoms with van der Waals surface area (Å²) in [6.45, 7) is 1.53. The average molecular weight is 467 g/mol. The summed E-state index contributed by atoms with van der Waals surface area (Å²) in [6.07, 6.45) is 2.80. The van der Waals surface area contributed by atoms with Crippen molar-refractivity contribution >= 4 is 30.9 Å². The number of likely N-dealkylation sites (N-methyl/N-ethyl adjacent to an activating group) is 2. The molecule has 0 aromatic carbocycles. The maximum atomic E-state index is 12.8. The number of nitro groups is 1. The Hall–Kier alpha value is -2.99. The summed E-state index contributed by atoms with van der Waals surface area (Å²) in [4.78, 5) is 35.3. The summed E-state index contributed by atoms with van der Waals surface area (Å²) < 4.78 is 24.5. The molecular formula is C18H26N7O6P. The fourth-order valence-electron chi connectivity index (χ4n) is 3.35. The lowest BCUT2D eigenvalue weighted by molar-refractivity contribution is -0.384. The first-order chi connectivity index (χ1) is 15.0. The second-order valence-corrected chi connectivity index (χ2v) is 10.1. The lowest BCUT2D eigenvalue weighted by atomic mass is 10.3. The molecule has 13 nitrogen and oxygen atoms in total. The van der Waals surface area contributed by atoms with Crippen LogP contribution in [0.15, 0.2) is 24.5 Å². The second-order valence-electron chi connectivity index (χ2n) is 7.47. The molecule has 0 bridgehead atoms. The molecular weight excluding hydrogens is 441 g/mol. The molecule has 0 atom stereocenters. The van der Waals surface area contributed by atoms with Gasteiger partial charge < -0.3 is 24.3 Å². The maximum Gasteiger partial charge on any atom is 0.345 e. The van der Waals surface area contributed by atoms with Gasteiger partial charge in [0.05, 0.1) is 23.4 Å². The highest BCUT2D eigenvalue weighted by molar-refractivity contribution is 7.54. The first-order valence-electron chi connectivity index (χ1n) is 9.77. The Balaban J connectivity index is 1.56. The van der Waals surface area contributed by atoms with Gasteiger partial charge in [0.2, 0.25) is 0 Å². The Bertz CT molecular complexity index is 1080. The van der Waals surface area contributed by atoms with Crippen LogP contribution in [0.5, 0.6) is 0 Å². The van der Waals surface area contributed by atoms with Crippen LogP contribution in [0, 0.1) is 10.1 Å². The van der Waals surface area contributed by atoms with Gasteiger partial charge in [-0.25, -0.2) is 9.34 Å². The summed E-state index contributed by atoms with van der Waals surface area (Å²) >= 11 is 0. The number of aromatic nitrogens is 2. The number of nitrogens with one attached hydrogen (secondary N) is 2. The maximum absolute atomic E-state index is 12.8. The summed E-state index contributed by atoms with van der Waals surface area (Å²) in [7, 11) is 3.62. The molecule has 0 spiro atoms. The third-order valence-corrected chi connectivity index (χ3v) is 7.83. The zero-order valence-electron chi connectivity index (χ0n) is 18.3. The van der Waals surface area contributed by atoms with Crippen molar-refractivity contribution in [3.8, 4) is 0 Å². The molecule has 3 rings (SSSR count). The van der Waals surface area contributed by atoms with Gasteiger partial charge in [-0.05, 0) is 20.2 Å². The van der Waals surface area contributed by atoms with Crippen molar-refractivity contribution < 1.29 is 23.6 Å². The van der Waals surface area contributed by atoms with Crippen molar-refractivity contribution in [1.29, 1.82) is 0 Å². The number of nitrogens with zero attached hydrogens (tertiary/aromatic N) is 5. The zero-order chi connectivity index (χ0) is 23.6. The van der Waals surface area contributed by atoms with Gasteiger partial charge in [-0.3, -0.25) is 24.3 Å². The molecule has 3 heterocycles. The third-order valence-electron chi connectivity index (χ3n) is 5.19. The minimum Gasteiger partial charge on any atom is -0.348 e. The first kappa shape index (κ1) is 23.7. The molecule has 0 unspecified atom stereocenters. The van der Waals surface area contributed by atoms with Crippen LogP contribution < -0.4 is 10.6 Å². The van der Waals surface area contributed by atoms with E-state index in [1.807, 2.05) is 0 Å². The van der Waals surface area contributed by atoms with Gasteiger partial charge in [-0.1, -0.05) is 0 Å². The van der Waals surface area contributed by atoms with E-state index in [2.05, 4.69) is 10.6 Å². The Labute approximate surface area is 184 Å². The molecule has 0 saturated carbocycles. The van der Waals surface area contributed by atoms with E-state index in [1.165, 1.54) is 29.9 Å². The van der Waals surface area contributed by atoms with Gasteiger partial charge in [-0.2, -0.15) is 0 Å². The van der Waals surface area contributed by atoms with E-state index in [0.29, 0.717) is 24.5 Å². The number of anilines is 1. The molecule has 2 N–H and O–H groups in total. The van der Waals surface area contributed by atoms with Crippen molar-refractivity contribution in [2.75, 3.05) is 45.7 Å². The SMILES string of the molecule is CN1CCN(C)P1(=O)OCCNC(=O)c1cc(NC(=O)c2cc([N+](=O)[O-])cn2C)cn1C. The van der Waals surface area contributed by atoms with Crippen LogP contribution in [0.3, 0.4) is 0 Å². The van der Waals surface area contributed by atoms with Crippen LogP contribution in [0.1, 0.15) is 21.0 Å². The minimum absolute atomic E-state index is 0.0813. The standard InChI is InChI=1S/C18H26N7O6P/c1-21-11-13(20-18(27)16-10-14(25(28)29)12-22(16)2)9-15(21)17(26)19-5-8-31-32(30)23(3)6-7-24(32)4/h9-12H,5-8H2,1-4H3,(H,19,26)(H,20,27). The summed E-state index contributed by atoms with van der Waals surface area (Å²) in [5.41, 5.74) is 0.576. The van der Waals surface area contributed by atoms with E-state index in [-0.39, 0.29) is 24.5 Å². The largest absolute Gasteiger partial charge is 0.348 e. The Kier molecular flexibility index (Phi) is 6.84. The van der Waals surface area contributed by atoms with Crippen molar-refractivity contribution in [1.82, 2.24) is 23.8 Å². The number of carbonyl (C=O) groups excluding carboxylic acids is 2. The van der Waals surface area contributed by atoms with Crippen LogP contribution in [0.4, 0.5) is 11.4 Å². The van der Waals surface area contributed by atoms with Crippen LogP contribution in [-0.4, -0.2) is 75.5 Å². The van der Waals surface area contributed by atoms with E-state index in [0.717, 1.165) is 0 Å². The van der Waals surface area contributed by atoms with Crippen LogP contribution >= 0.6 is 7.67 Å². The quantitative estimate of drug-likeness (QED) is 0.256. The van der Waals surface area contributed by atoms with Crippen LogP contribution in [0.2, 0.25) is 0 Å². The molecule has 2 aromatic rings. The molecule has 32 heavy (non-hydrogen) atoms. The van der Waals surface area contributed by atoms with Crippen molar-refractivity contribution in [3.63, 3.8) is 0 Å². The fourth-order valence-corrected chi connectivity index (χ4v) is 5.28. The molecule has 1 aliphatic heterocycles. The highest BCUT2D eigenvalue weighted by Crippen LogP contribution is 2.55. The van der Waals surface area contributed by atoms with Gasteiger partial charge in [0.15, 0.2) is 0 Å². The van der Waals surface area contributed by atoms with Crippen molar-refractivity contribution in [2.24, 2.45) is 14.1 Å². The number of carbonyl (C=O) groups is 2. The van der Waals surface area contributed by atoms with Crippen molar-refractivity contribution in [2.45, 2.75) is 0 Å². The van der Waals surface area contributed by atoms with Crippen LogP contribution in [0.25, 0.3) is 0 Å². The van der Waals surface area contributed by atoms with Gasteiger partial charge >= 0.3 is 7.67 Å². The smallest absolute Gasteiger partial charge is 0.345 e. The van der Waals surface area contributed by atoms with E-state index < -0.39 is 24.4 Å². The monoisotopic (exact) mass is 467 g/mol. The number of amides is 2. The highest BCUT2D eigenvalue weighted by atomic mass is 31.2. The predicted molar refractivity (Wildman–Crippen MR) is 117 cm³/mol. The second kappa shape index (κ2) is 9.25. The molecule has 1 fully saturated rings. The fraction of sp³-hybridized carbons (Fsp3) is 0.444. The lowest BCUT2D eigenvalue weighted by Gasteiger charge is -2.24. The number of rotatable bonds is 8. The van der Waals surface area contributed by atoms with Crippen molar-refractivity contribution in [3.05, 3.63) is 46.0 Å². The number of hydrogen-bond donors (Lipinski definition) is 2. The van der Waals surface area contributed by atoms with Gasteiger partial charge in [0, 0.05) is 46.0 Å². The normalized spacial score (nSPS) is 16.2. The molecule has 1 aliphatic rings. The summed E-state index contributed by atoms with van der Waals surface area (Å²) in [6, 6.07) is 2.67. The summed E-state index contributed by atoms with van der Waals surface area (Å²) in [5, 5.41) is 16.2. The average Bonchev–Trinajstić information content (AvgIpc) is 3.37. The number of hydrogen-bond acceptors (Lipinski definition) is 6. The van der Waals surface area contributed by atoms with E-state index in [4.69, 9.17) is 4.52 Å². The van der Waals surface area contributed by atoms with E-state index >= 15 is 0 Å². The van der Waals surface area contributed by atoms with Gasteiger partial charge in [-0.15, -0.1) is 0 Å². The molecule has 1 saturated heterocycles.